The highest BCUT2D eigenvalue weighted by atomic mass is 79.9. The molecule has 0 heterocycles. The zero-order valence-corrected chi connectivity index (χ0v) is 10.3. The summed E-state index contributed by atoms with van der Waals surface area (Å²) in [5, 5.41) is 0. The Kier molecular flexibility index (Phi) is 5.05. The first kappa shape index (κ1) is 12.5. The number of halogens is 2. The number of hydrogen-bond acceptors (Lipinski definition) is 2. The van der Waals surface area contributed by atoms with Gasteiger partial charge in [-0.3, -0.25) is 0 Å². The molecule has 0 radical (unpaired) electrons. The van der Waals surface area contributed by atoms with Gasteiger partial charge in [-0.2, -0.15) is 0 Å². The van der Waals surface area contributed by atoms with Crippen LogP contribution in [-0.4, -0.2) is 12.6 Å². The second kappa shape index (κ2) is 6.08. The molecule has 0 amide bonds. The lowest BCUT2D eigenvalue weighted by Crippen LogP contribution is -2.26. The molecule has 0 saturated heterocycles. The third kappa shape index (κ3) is 3.80. The van der Waals surface area contributed by atoms with Crippen LogP contribution < -0.4 is 10.5 Å². The summed E-state index contributed by atoms with van der Waals surface area (Å²) in [6, 6.07) is 4.74. The quantitative estimate of drug-likeness (QED) is 0.896. The normalized spacial score (nSPS) is 12.5. The van der Waals surface area contributed by atoms with Crippen LogP contribution >= 0.6 is 15.9 Å². The molecular weight excluding hydrogens is 261 g/mol. The summed E-state index contributed by atoms with van der Waals surface area (Å²) in [5.41, 5.74) is 5.53. The smallest absolute Gasteiger partial charge is 0.166 e. The van der Waals surface area contributed by atoms with Crippen LogP contribution in [0.5, 0.6) is 5.75 Å². The molecular formula is C11H15BrFNO. The number of nitrogens with two attached hydrogens (primary N) is 1. The molecule has 1 aromatic rings. The van der Waals surface area contributed by atoms with Gasteiger partial charge in [0.05, 0.1) is 0 Å². The van der Waals surface area contributed by atoms with Crippen LogP contribution in [0.2, 0.25) is 0 Å². The summed E-state index contributed by atoms with van der Waals surface area (Å²) >= 11 is 3.19. The summed E-state index contributed by atoms with van der Waals surface area (Å²) in [4.78, 5) is 0. The van der Waals surface area contributed by atoms with Gasteiger partial charge in [-0.05, 0) is 24.6 Å². The first-order valence-corrected chi connectivity index (χ1v) is 5.78. The Hall–Kier alpha value is -0.610. The monoisotopic (exact) mass is 275 g/mol. The van der Waals surface area contributed by atoms with Crippen LogP contribution in [0.4, 0.5) is 4.39 Å². The van der Waals surface area contributed by atoms with Gasteiger partial charge in [-0.1, -0.05) is 29.3 Å². The molecule has 4 heteroatoms. The largest absolute Gasteiger partial charge is 0.486 e. The van der Waals surface area contributed by atoms with E-state index in [0.29, 0.717) is 11.0 Å². The van der Waals surface area contributed by atoms with Crippen LogP contribution in [0, 0.1) is 5.82 Å². The molecule has 1 aromatic carbocycles. The highest BCUT2D eigenvalue weighted by Gasteiger charge is 2.10. The molecule has 84 valence electrons. The molecule has 1 unspecified atom stereocenters. The van der Waals surface area contributed by atoms with Crippen LogP contribution in [0.15, 0.2) is 22.7 Å². The lowest BCUT2D eigenvalue weighted by Gasteiger charge is -2.17. The standard InChI is InChI=1S/C11H15BrFNO/c1-2-3-9(7-14)15-11-5-4-8(12)6-10(11)13/h4-6,9H,2-3,7,14H2,1H3. The van der Waals surface area contributed by atoms with E-state index in [-0.39, 0.29) is 17.7 Å². The Morgan fingerprint density at radius 3 is 2.80 bits per heavy atom. The van der Waals surface area contributed by atoms with Crippen molar-refractivity contribution in [1.82, 2.24) is 0 Å². The van der Waals surface area contributed by atoms with Crippen molar-refractivity contribution in [2.24, 2.45) is 5.73 Å². The molecule has 0 saturated carbocycles. The lowest BCUT2D eigenvalue weighted by molar-refractivity contribution is 0.189. The SMILES string of the molecule is CCCC(CN)Oc1ccc(Br)cc1F. The van der Waals surface area contributed by atoms with Crippen LogP contribution in [0.1, 0.15) is 19.8 Å². The molecule has 2 N–H and O–H groups in total. The fourth-order valence-corrected chi connectivity index (χ4v) is 1.63. The van der Waals surface area contributed by atoms with Gasteiger partial charge in [0.1, 0.15) is 6.10 Å². The van der Waals surface area contributed by atoms with E-state index in [4.69, 9.17) is 10.5 Å². The maximum Gasteiger partial charge on any atom is 0.166 e. The summed E-state index contributed by atoms with van der Waals surface area (Å²) in [5.74, 6) is -0.0963. The van der Waals surface area contributed by atoms with Gasteiger partial charge in [0, 0.05) is 11.0 Å². The molecule has 0 aromatic heterocycles. The number of ether oxygens (including phenoxy) is 1. The maximum atomic E-state index is 13.4. The number of rotatable bonds is 5. The van der Waals surface area contributed by atoms with E-state index >= 15 is 0 Å². The predicted octanol–water partition coefficient (Wildman–Crippen LogP) is 3.09. The van der Waals surface area contributed by atoms with E-state index < -0.39 is 0 Å². The molecule has 0 bridgehead atoms. The van der Waals surface area contributed by atoms with Gasteiger partial charge in [0.15, 0.2) is 11.6 Å². The Morgan fingerprint density at radius 2 is 2.27 bits per heavy atom. The van der Waals surface area contributed by atoms with E-state index in [2.05, 4.69) is 15.9 Å². The summed E-state index contributed by atoms with van der Waals surface area (Å²) < 4.78 is 19.6. The van der Waals surface area contributed by atoms with Crippen molar-refractivity contribution in [2.75, 3.05) is 6.54 Å². The first-order valence-electron chi connectivity index (χ1n) is 4.99. The second-order valence-corrected chi connectivity index (χ2v) is 4.25. The summed E-state index contributed by atoms with van der Waals surface area (Å²) in [6.07, 6.45) is 1.71. The van der Waals surface area contributed by atoms with E-state index in [1.54, 1.807) is 12.1 Å². The number of hydrogen-bond donors (Lipinski definition) is 1. The highest BCUT2D eigenvalue weighted by molar-refractivity contribution is 9.10. The minimum absolute atomic E-state index is 0.106. The Balaban J connectivity index is 2.70. The van der Waals surface area contributed by atoms with Gasteiger partial charge in [-0.25, -0.2) is 4.39 Å². The van der Waals surface area contributed by atoms with E-state index in [1.165, 1.54) is 6.07 Å². The second-order valence-electron chi connectivity index (χ2n) is 3.34. The molecule has 1 rings (SSSR count). The van der Waals surface area contributed by atoms with Crippen LogP contribution in [0.3, 0.4) is 0 Å². The van der Waals surface area contributed by atoms with Crippen molar-refractivity contribution in [3.8, 4) is 5.75 Å². The number of benzene rings is 1. The van der Waals surface area contributed by atoms with Gasteiger partial charge in [0.25, 0.3) is 0 Å². The molecule has 0 aliphatic heterocycles. The first-order chi connectivity index (χ1) is 7.17. The fraction of sp³-hybridized carbons (Fsp3) is 0.455. The highest BCUT2D eigenvalue weighted by Crippen LogP contribution is 2.22. The van der Waals surface area contributed by atoms with Crippen molar-refractivity contribution in [1.29, 1.82) is 0 Å². The molecule has 0 aliphatic rings. The zero-order valence-electron chi connectivity index (χ0n) is 8.67. The maximum absolute atomic E-state index is 13.4. The minimum atomic E-state index is -0.362. The molecule has 0 fully saturated rings. The minimum Gasteiger partial charge on any atom is -0.486 e. The van der Waals surface area contributed by atoms with Crippen molar-refractivity contribution >= 4 is 15.9 Å². The molecule has 0 aliphatic carbocycles. The molecule has 1 atom stereocenters. The fourth-order valence-electron chi connectivity index (χ4n) is 1.30. The Bertz CT molecular complexity index is 319. The topological polar surface area (TPSA) is 35.2 Å². The summed E-state index contributed by atoms with van der Waals surface area (Å²) in [6.45, 7) is 2.45. The van der Waals surface area contributed by atoms with E-state index in [1.807, 2.05) is 6.92 Å². The van der Waals surface area contributed by atoms with Crippen molar-refractivity contribution in [3.63, 3.8) is 0 Å². The Labute approximate surface area is 97.7 Å². The van der Waals surface area contributed by atoms with Gasteiger partial charge in [-0.15, -0.1) is 0 Å². The van der Waals surface area contributed by atoms with E-state index in [9.17, 15) is 4.39 Å². The van der Waals surface area contributed by atoms with Crippen LogP contribution in [0.25, 0.3) is 0 Å². The van der Waals surface area contributed by atoms with E-state index in [0.717, 1.165) is 12.8 Å². The van der Waals surface area contributed by atoms with Crippen LogP contribution in [-0.2, 0) is 0 Å². The predicted molar refractivity (Wildman–Crippen MR) is 62.5 cm³/mol. The average Bonchev–Trinajstić information content (AvgIpc) is 2.21. The molecule has 0 spiro atoms. The third-order valence-electron chi connectivity index (χ3n) is 2.06. The van der Waals surface area contributed by atoms with Crippen molar-refractivity contribution in [3.05, 3.63) is 28.5 Å². The molecule has 15 heavy (non-hydrogen) atoms. The van der Waals surface area contributed by atoms with Crippen molar-refractivity contribution in [2.45, 2.75) is 25.9 Å². The third-order valence-corrected chi connectivity index (χ3v) is 2.55. The van der Waals surface area contributed by atoms with Crippen molar-refractivity contribution < 1.29 is 9.13 Å². The zero-order chi connectivity index (χ0) is 11.3. The lowest BCUT2D eigenvalue weighted by atomic mass is 10.2. The Morgan fingerprint density at radius 1 is 1.53 bits per heavy atom. The summed E-state index contributed by atoms with van der Waals surface area (Å²) in [7, 11) is 0. The van der Waals surface area contributed by atoms with Gasteiger partial charge < -0.3 is 10.5 Å². The van der Waals surface area contributed by atoms with Gasteiger partial charge >= 0.3 is 0 Å². The average molecular weight is 276 g/mol. The van der Waals surface area contributed by atoms with Gasteiger partial charge in [0.2, 0.25) is 0 Å². The molecule has 2 nitrogen and oxygen atoms in total.